The minimum Gasteiger partial charge on any atom is -0.358 e. The molecule has 86 valence electrons. The van der Waals surface area contributed by atoms with Crippen LogP contribution in [0.15, 0.2) is 23.4 Å². The predicted molar refractivity (Wildman–Crippen MR) is 61.9 cm³/mol. The Morgan fingerprint density at radius 3 is 2.56 bits per heavy atom. The molecular formula is C9H14N6O. The number of hydrogen-bond donors (Lipinski definition) is 4. The van der Waals surface area contributed by atoms with E-state index in [9.17, 15) is 4.79 Å². The summed E-state index contributed by atoms with van der Waals surface area (Å²) in [4.78, 5) is 15.2. The van der Waals surface area contributed by atoms with Gasteiger partial charge < -0.3 is 21.8 Å². The molecule has 0 fully saturated rings. The Balaban J connectivity index is 2.75. The van der Waals surface area contributed by atoms with E-state index in [1.54, 1.807) is 26.2 Å². The van der Waals surface area contributed by atoms with E-state index in [0.717, 1.165) is 0 Å². The van der Waals surface area contributed by atoms with Crippen LogP contribution in [0.4, 0.5) is 5.69 Å². The third-order valence-corrected chi connectivity index (χ3v) is 1.85. The van der Waals surface area contributed by atoms with Crippen molar-refractivity contribution in [3.8, 4) is 0 Å². The number of hydrazone groups is 1. The molecule has 1 amide bonds. The summed E-state index contributed by atoms with van der Waals surface area (Å²) in [6.07, 6.45) is 1.52. The fourth-order valence-corrected chi connectivity index (χ4v) is 1.03. The summed E-state index contributed by atoms with van der Waals surface area (Å²) in [5, 5.41) is 11.6. The summed E-state index contributed by atoms with van der Waals surface area (Å²) in [5.74, 6) is 5.29. The SMILES string of the molecule is CNC(=O)c1ccc(N/C(=N/N)NC)cn1. The van der Waals surface area contributed by atoms with Crippen molar-refractivity contribution in [3.63, 3.8) is 0 Å². The molecule has 5 N–H and O–H groups in total. The van der Waals surface area contributed by atoms with E-state index in [0.29, 0.717) is 17.3 Å². The van der Waals surface area contributed by atoms with E-state index in [4.69, 9.17) is 5.84 Å². The number of pyridine rings is 1. The van der Waals surface area contributed by atoms with Crippen LogP contribution in [0.1, 0.15) is 10.5 Å². The zero-order valence-electron chi connectivity index (χ0n) is 9.11. The molecule has 0 aliphatic carbocycles. The van der Waals surface area contributed by atoms with Gasteiger partial charge in [0.1, 0.15) is 5.69 Å². The first-order valence-electron chi connectivity index (χ1n) is 4.62. The topological polar surface area (TPSA) is 104 Å². The largest absolute Gasteiger partial charge is 0.358 e. The van der Waals surface area contributed by atoms with E-state index in [2.05, 4.69) is 26.0 Å². The van der Waals surface area contributed by atoms with Crippen LogP contribution < -0.4 is 21.8 Å². The molecule has 0 bridgehead atoms. The molecule has 1 heterocycles. The Bertz CT molecular complexity index is 385. The predicted octanol–water partition coefficient (Wildman–Crippen LogP) is -0.698. The summed E-state index contributed by atoms with van der Waals surface area (Å²) in [6.45, 7) is 0. The Morgan fingerprint density at radius 2 is 2.12 bits per heavy atom. The number of amides is 1. The highest BCUT2D eigenvalue weighted by molar-refractivity contribution is 5.94. The van der Waals surface area contributed by atoms with E-state index in [-0.39, 0.29) is 5.91 Å². The first-order chi connectivity index (χ1) is 7.71. The maximum atomic E-state index is 11.2. The Morgan fingerprint density at radius 1 is 1.38 bits per heavy atom. The van der Waals surface area contributed by atoms with Gasteiger partial charge in [-0.15, -0.1) is 5.10 Å². The normalized spacial score (nSPS) is 10.8. The van der Waals surface area contributed by atoms with E-state index >= 15 is 0 Å². The smallest absolute Gasteiger partial charge is 0.269 e. The third-order valence-electron chi connectivity index (χ3n) is 1.85. The van der Waals surface area contributed by atoms with Crippen molar-refractivity contribution in [2.24, 2.45) is 10.9 Å². The van der Waals surface area contributed by atoms with Crippen LogP contribution in [0.2, 0.25) is 0 Å². The molecule has 0 aromatic carbocycles. The molecule has 0 aliphatic rings. The Labute approximate surface area is 93.1 Å². The number of nitrogens with two attached hydrogens (primary N) is 1. The number of rotatable bonds is 2. The molecule has 0 spiro atoms. The number of carbonyl (C=O) groups is 1. The van der Waals surface area contributed by atoms with Crippen molar-refractivity contribution in [1.82, 2.24) is 15.6 Å². The second-order valence-corrected chi connectivity index (χ2v) is 2.86. The fraction of sp³-hybridized carbons (Fsp3) is 0.222. The van der Waals surface area contributed by atoms with Gasteiger partial charge in [0, 0.05) is 14.1 Å². The van der Waals surface area contributed by atoms with Crippen LogP contribution in [-0.2, 0) is 0 Å². The Hall–Kier alpha value is -2.31. The van der Waals surface area contributed by atoms with Gasteiger partial charge in [0.15, 0.2) is 0 Å². The lowest BCUT2D eigenvalue weighted by atomic mass is 10.3. The molecule has 0 radical (unpaired) electrons. The fourth-order valence-electron chi connectivity index (χ4n) is 1.03. The van der Waals surface area contributed by atoms with Crippen molar-refractivity contribution >= 4 is 17.6 Å². The minimum atomic E-state index is -0.229. The second-order valence-electron chi connectivity index (χ2n) is 2.86. The van der Waals surface area contributed by atoms with Crippen molar-refractivity contribution < 1.29 is 4.79 Å². The Kier molecular flexibility index (Phi) is 4.07. The molecule has 0 saturated heterocycles. The molecule has 1 aromatic heterocycles. The molecule has 16 heavy (non-hydrogen) atoms. The van der Waals surface area contributed by atoms with Gasteiger partial charge in [-0.25, -0.2) is 4.98 Å². The van der Waals surface area contributed by atoms with Gasteiger partial charge in [-0.3, -0.25) is 4.79 Å². The number of aromatic nitrogens is 1. The monoisotopic (exact) mass is 222 g/mol. The van der Waals surface area contributed by atoms with Crippen LogP contribution in [0, 0.1) is 0 Å². The van der Waals surface area contributed by atoms with E-state index < -0.39 is 0 Å². The first kappa shape index (κ1) is 11.8. The van der Waals surface area contributed by atoms with Crippen LogP contribution in [0.5, 0.6) is 0 Å². The van der Waals surface area contributed by atoms with Gasteiger partial charge in [0.05, 0.1) is 11.9 Å². The van der Waals surface area contributed by atoms with E-state index in [1.807, 2.05) is 0 Å². The summed E-state index contributed by atoms with van der Waals surface area (Å²) >= 11 is 0. The van der Waals surface area contributed by atoms with E-state index in [1.165, 1.54) is 6.20 Å². The number of guanidine groups is 1. The average Bonchev–Trinajstić information content (AvgIpc) is 2.35. The molecule has 0 saturated carbocycles. The zero-order chi connectivity index (χ0) is 12.0. The molecule has 0 unspecified atom stereocenters. The minimum absolute atomic E-state index is 0.229. The number of anilines is 1. The highest BCUT2D eigenvalue weighted by atomic mass is 16.1. The number of carbonyl (C=O) groups excluding carboxylic acids is 1. The van der Waals surface area contributed by atoms with Gasteiger partial charge >= 0.3 is 0 Å². The standard InChI is InChI=1S/C9H14N6O/c1-11-8(16)7-4-3-6(5-13-7)14-9(12-2)15-10/h3-5H,10H2,1-2H3,(H,11,16)(H2,12,14,15). The molecule has 0 atom stereocenters. The summed E-state index contributed by atoms with van der Waals surface area (Å²) in [7, 11) is 3.24. The zero-order valence-corrected chi connectivity index (χ0v) is 9.11. The lowest BCUT2D eigenvalue weighted by molar-refractivity contribution is 0.0958. The molecular weight excluding hydrogens is 208 g/mol. The molecule has 1 aromatic rings. The highest BCUT2D eigenvalue weighted by Crippen LogP contribution is 2.05. The van der Waals surface area contributed by atoms with Gasteiger partial charge in [0.25, 0.3) is 5.91 Å². The number of nitrogens with zero attached hydrogens (tertiary/aromatic N) is 2. The van der Waals surface area contributed by atoms with Gasteiger partial charge in [-0.1, -0.05) is 0 Å². The first-order valence-corrected chi connectivity index (χ1v) is 4.62. The van der Waals surface area contributed by atoms with Crippen LogP contribution >= 0.6 is 0 Å². The van der Waals surface area contributed by atoms with Crippen molar-refractivity contribution in [2.75, 3.05) is 19.4 Å². The molecule has 0 aliphatic heterocycles. The van der Waals surface area contributed by atoms with Gasteiger partial charge in [-0.05, 0) is 12.1 Å². The highest BCUT2D eigenvalue weighted by Gasteiger charge is 2.04. The third kappa shape index (κ3) is 2.84. The molecule has 1 rings (SSSR count). The van der Waals surface area contributed by atoms with Crippen molar-refractivity contribution in [1.29, 1.82) is 0 Å². The molecule has 7 nitrogen and oxygen atoms in total. The summed E-state index contributed by atoms with van der Waals surface area (Å²) in [6, 6.07) is 3.31. The summed E-state index contributed by atoms with van der Waals surface area (Å²) in [5.41, 5.74) is 1.04. The van der Waals surface area contributed by atoms with Gasteiger partial charge in [0.2, 0.25) is 5.96 Å². The van der Waals surface area contributed by atoms with Crippen molar-refractivity contribution in [2.45, 2.75) is 0 Å². The van der Waals surface area contributed by atoms with Crippen LogP contribution in [0.25, 0.3) is 0 Å². The van der Waals surface area contributed by atoms with Crippen LogP contribution in [0.3, 0.4) is 0 Å². The second kappa shape index (κ2) is 5.54. The summed E-state index contributed by atoms with van der Waals surface area (Å²) < 4.78 is 0. The lowest BCUT2D eigenvalue weighted by Gasteiger charge is -2.07. The number of nitrogens with one attached hydrogen (secondary N) is 3. The quantitative estimate of drug-likeness (QED) is 0.229. The maximum absolute atomic E-state index is 11.2. The lowest BCUT2D eigenvalue weighted by Crippen LogP contribution is -2.28. The van der Waals surface area contributed by atoms with Crippen molar-refractivity contribution in [3.05, 3.63) is 24.0 Å². The average molecular weight is 222 g/mol. The number of hydrogen-bond acceptors (Lipinski definition) is 4. The molecule has 7 heteroatoms. The van der Waals surface area contributed by atoms with Crippen LogP contribution in [-0.4, -0.2) is 30.9 Å². The maximum Gasteiger partial charge on any atom is 0.269 e. The van der Waals surface area contributed by atoms with Gasteiger partial charge in [-0.2, -0.15) is 0 Å².